The van der Waals surface area contributed by atoms with E-state index in [9.17, 15) is 0 Å². The van der Waals surface area contributed by atoms with Crippen molar-refractivity contribution < 1.29 is 4.84 Å². The van der Waals surface area contributed by atoms with Gasteiger partial charge in [0.25, 0.3) is 0 Å². The van der Waals surface area contributed by atoms with Crippen LogP contribution in [0.15, 0.2) is 23.4 Å². The fourth-order valence-electron chi connectivity index (χ4n) is 1.52. The predicted molar refractivity (Wildman–Crippen MR) is 67.8 cm³/mol. The number of benzene rings is 1. The molecule has 0 amide bonds. The van der Waals surface area contributed by atoms with Crippen LogP contribution in [0, 0.1) is 0 Å². The molecule has 0 bridgehead atoms. The van der Waals surface area contributed by atoms with Gasteiger partial charge in [-0.3, -0.25) is 0 Å². The number of hydrogen-bond acceptors (Lipinski definition) is 2. The number of nitrogens with zero attached hydrogens (tertiary/aromatic N) is 1. The molecule has 2 atom stereocenters. The van der Waals surface area contributed by atoms with E-state index in [0.717, 1.165) is 11.3 Å². The third kappa shape index (κ3) is 2.45. The maximum atomic E-state index is 6.08. The highest BCUT2D eigenvalue weighted by Gasteiger charge is 2.27. The highest BCUT2D eigenvalue weighted by atomic mass is 35.5. The standard InChI is InChI=1S/C11H10Cl3NO/c1-6(12)11-5-10(15-16-11)8-4-7(13)2-3-9(8)14/h2-4,6,11H,5H2,1H3. The average Bonchev–Trinajstić information content (AvgIpc) is 2.70. The second-order valence-electron chi connectivity index (χ2n) is 3.69. The lowest BCUT2D eigenvalue weighted by Crippen LogP contribution is -2.18. The molecule has 2 unspecified atom stereocenters. The van der Waals surface area contributed by atoms with Crippen LogP contribution in [0.3, 0.4) is 0 Å². The lowest BCUT2D eigenvalue weighted by atomic mass is 10.0. The molecular formula is C11H10Cl3NO. The molecule has 1 heterocycles. The smallest absolute Gasteiger partial charge is 0.149 e. The molecule has 0 saturated heterocycles. The molecule has 1 aromatic rings. The van der Waals surface area contributed by atoms with Crippen LogP contribution in [0.5, 0.6) is 0 Å². The summed E-state index contributed by atoms with van der Waals surface area (Å²) in [5.74, 6) is 0. The summed E-state index contributed by atoms with van der Waals surface area (Å²) in [6, 6.07) is 5.28. The first-order chi connectivity index (χ1) is 7.58. The van der Waals surface area contributed by atoms with E-state index < -0.39 is 0 Å². The third-order valence-corrected chi connectivity index (χ3v) is 3.29. The topological polar surface area (TPSA) is 21.6 Å². The van der Waals surface area contributed by atoms with Gasteiger partial charge >= 0.3 is 0 Å². The van der Waals surface area contributed by atoms with E-state index in [2.05, 4.69) is 5.16 Å². The molecule has 16 heavy (non-hydrogen) atoms. The lowest BCUT2D eigenvalue weighted by molar-refractivity contribution is 0.0855. The molecule has 0 N–H and O–H groups in total. The van der Waals surface area contributed by atoms with Gasteiger partial charge in [0.1, 0.15) is 6.10 Å². The van der Waals surface area contributed by atoms with E-state index in [1.165, 1.54) is 0 Å². The number of halogens is 3. The van der Waals surface area contributed by atoms with Gasteiger partial charge in [-0.05, 0) is 25.1 Å². The fraction of sp³-hybridized carbons (Fsp3) is 0.364. The van der Waals surface area contributed by atoms with E-state index in [1.54, 1.807) is 18.2 Å². The highest BCUT2D eigenvalue weighted by Crippen LogP contribution is 2.27. The SMILES string of the molecule is CC(Cl)C1CC(c2cc(Cl)ccc2Cl)=NO1. The number of rotatable bonds is 2. The van der Waals surface area contributed by atoms with Crippen LogP contribution in [0.25, 0.3) is 0 Å². The Morgan fingerprint density at radius 1 is 1.44 bits per heavy atom. The highest BCUT2D eigenvalue weighted by molar-refractivity contribution is 6.36. The first-order valence-electron chi connectivity index (χ1n) is 4.90. The van der Waals surface area contributed by atoms with Crippen LogP contribution in [-0.4, -0.2) is 17.2 Å². The zero-order chi connectivity index (χ0) is 11.7. The van der Waals surface area contributed by atoms with Gasteiger partial charge in [-0.2, -0.15) is 0 Å². The first kappa shape index (κ1) is 12.0. The van der Waals surface area contributed by atoms with Crippen molar-refractivity contribution in [3.8, 4) is 0 Å². The normalized spacial score (nSPS) is 21.5. The van der Waals surface area contributed by atoms with Crippen molar-refractivity contribution >= 4 is 40.5 Å². The summed E-state index contributed by atoms with van der Waals surface area (Å²) in [4.78, 5) is 5.23. The Bertz CT molecular complexity index is 431. The van der Waals surface area contributed by atoms with Crippen LogP contribution in [0.2, 0.25) is 10.0 Å². The van der Waals surface area contributed by atoms with Crippen molar-refractivity contribution in [1.29, 1.82) is 0 Å². The summed E-state index contributed by atoms with van der Waals surface area (Å²) in [7, 11) is 0. The van der Waals surface area contributed by atoms with E-state index >= 15 is 0 Å². The molecule has 2 rings (SSSR count). The van der Waals surface area contributed by atoms with Gasteiger partial charge in [0.2, 0.25) is 0 Å². The molecule has 0 aliphatic carbocycles. The summed E-state index contributed by atoms with van der Waals surface area (Å²) in [6.07, 6.45) is 0.566. The van der Waals surface area contributed by atoms with E-state index in [1.807, 2.05) is 6.92 Å². The van der Waals surface area contributed by atoms with Crippen molar-refractivity contribution in [2.45, 2.75) is 24.8 Å². The van der Waals surface area contributed by atoms with Gasteiger partial charge in [0, 0.05) is 22.0 Å². The Kier molecular flexibility index (Phi) is 3.63. The average molecular weight is 279 g/mol. The predicted octanol–water partition coefficient (Wildman–Crippen LogP) is 4.11. The molecule has 0 aromatic heterocycles. The Hall–Kier alpha value is -0.440. The molecule has 0 spiro atoms. The van der Waals surface area contributed by atoms with E-state index in [-0.39, 0.29) is 11.5 Å². The Labute approximate surface area is 109 Å². The minimum Gasteiger partial charge on any atom is -0.390 e. The lowest BCUT2D eigenvalue weighted by Gasteiger charge is -2.09. The third-order valence-electron chi connectivity index (χ3n) is 2.44. The second kappa shape index (κ2) is 4.82. The van der Waals surface area contributed by atoms with Gasteiger partial charge < -0.3 is 4.84 Å². The summed E-state index contributed by atoms with van der Waals surface area (Å²) in [6.45, 7) is 1.88. The van der Waals surface area contributed by atoms with Gasteiger partial charge in [-0.25, -0.2) is 0 Å². The molecule has 86 valence electrons. The molecule has 0 radical (unpaired) electrons. The van der Waals surface area contributed by atoms with Crippen LogP contribution in [-0.2, 0) is 4.84 Å². The molecule has 5 heteroatoms. The van der Waals surface area contributed by atoms with E-state index in [0.29, 0.717) is 16.5 Å². The summed E-state index contributed by atoms with van der Waals surface area (Å²) in [5.41, 5.74) is 1.61. The number of hydrogen-bond donors (Lipinski definition) is 0. The molecular weight excluding hydrogens is 268 g/mol. The zero-order valence-corrected chi connectivity index (χ0v) is 10.9. The van der Waals surface area contributed by atoms with Crippen molar-refractivity contribution in [2.75, 3.05) is 0 Å². The molecule has 1 aliphatic rings. The Morgan fingerprint density at radius 3 is 2.81 bits per heavy atom. The van der Waals surface area contributed by atoms with Crippen molar-refractivity contribution in [3.63, 3.8) is 0 Å². The molecule has 0 saturated carbocycles. The van der Waals surface area contributed by atoms with Crippen molar-refractivity contribution in [3.05, 3.63) is 33.8 Å². The van der Waals surface area contributed by atoms with Gasteiger partial charge in [-0.15, -0.1) is 11.6 Å². The Balaban J connectivity index is 2.23. The molecule has 0 fully saturated rings. The van der Waals surface area contributed by atoms with Crippen LogP contribution < -0.4 is 0 Å². The largest absolute Gasteiger partial charge is 0.390 e. The Morgan fingerprint density at radius 2 is 2.19 bits per heavy atom. The maximum Gasteiger partial charge on any atom is 0.149 e. The zero-order valence-electron chi connectivity index (χ0n) is 8.58. The fourth-order valence-corrected chi connectivity index (χ4v) is 2.05. The van der Waals surface area contributed by atoms with Crippen LogP contribution in [0.4, 0.5) is 0 Å². The van der Waals surface area contributed by atoms with Crippen molar-refractivity contribution in [1.82, 2.24) is 0 Å². The minimum absolute atomic E-state index is 0.0841. The van der Waals surface area contributed by atoms with E-state index in [4.69, 9.17) is 39.6 Å². The summed E-state index contributed by atoms with van der Waals surface area (Å²) >= 11 is 17.9. The molecule has 1 aromatic carbocycles. The van der Waals surface area contributed by atoms with Crippen molar-refractivity contribution in [2.24, 2.45) is 5.16 Å². The molecule has 2 nitrogen and oxygen atoms in total. The van der Waals surface area contributed by atoms with Gasteiger partial charge in [0.15, 0.2) is 0 Å². The number of oxime groups is 1. The monoisotopic (exact) mass is 277 g/mol. The maximum absolute atomic E-state index is 6.08. The first-order valence-corrected chi connectivity index (χ1v) is 6.09. The van der Waals surface area contributed by atoms with Crippen LogP contribution in [0.1, 0.15) is 18.9 Å². The van der Waals surface area contributed by atoms with Gasteiger partial charge in [-0.1, -0.05) is 28.4 Å². The molecule has 1 aliphatic heterocycles. The van der Waals surface area contributed by atoms with Crippen LogP contribution >= 0.6 is 34.8 Å². The number of alkyl halides is 1. The quantitative estimate of drug-likeness (QED) is 0.746. The summed E-state index contributed by atoms with van der Waals surface area (Å²) in [5, 5.41) is 5.16. The second-order valence-corrected chi connectivity index (χ2v) is 5.22. The minimum atomic E-state index is -0.0910. The summed E-state index contributed by atoms with van der Waals surface area (Å²) < 4.78 is 0. The van der Waals surface area contributed by atoms with Gasteiger partial charge in [0.05, 0.1) is 11.1 Å².